The van der Waals surface area contributed by atoms with Crippen LogP contribution in [0.1, 0.15) is 16.7 Å². The number of amides is 1. The van der Waals surface area contributed by atoms with Gasteiger partial charge in [-0.25, -0.2) is 4.39 Å². The van der Waals surface area contributed by atoms with Crippen LogP contribution in [0.2, 0.25) is 0 Å². The fourth-order valence-corrected chi connectivity index (χ4v) is 4.84. The summed E-state index contributed by atoms with van der Waals surface area (Å²) in [5.74, 6) is 0.657. The molecule has 1 aliphatic heterocycles. The monoisotopic (exact) mass is 491 g/mol. The second kappa shape index (κ2) is 10.7. The summed E-state index contributed by atoms with van der Waals surface area (Å²) in [7, 11) is 1.57. The molecule has 3 aromatic carbocycles. The van der Waals surface area contributed by atoms with E-state index in [9.17, 15) is 9.18 Å². The number of nitrogens with zero attached hydrogens (tertiary/aromatic N) is 1. The maximum absolute atomic E-state index is 13.2. The van der Waals surface area contributed by atoms with Crippen molar-refractivity contribution in [1.82, 2.24) is 0 Å². The van der Waals surface area contributed by atoms with Crippen LogP contribution >= 0.6 is 24.0 Å². The normalized spacial score (nSPS) is 14.5. The molecule has 0 N–H and O–H groups in total. The van der Waals surface area contributed by atoms with E-state index in [2.05, 4.69) is 6.58 Å². The van der Waals surface area contributed by atoms with E-state index < -0.39 is 0 Å². The van der Waals surface area contributed by atoms with Crippen molar-refractivity contribution in [3.63, 3.8) is 0 Å². The van der Waals surface area contributed by atoms with Gasteiger partial charge in [0.05, 0.1) is 17.7 Å². The Hall–Kier alpha value is -3.42. The topological polar surface area (TPSA) is 38.8 Å². The maximum Gasteiger partial charge on any atom is 0.270 e. The van der Waals surface area contributed by atoms with Crippen molar-refractivity contribution in [2.24, 2.45) is 0 Å². The first-order valence-corrected chi connectivity index (χ1v) is 11.7. The smallest absolute Gasteiger partial charge is 0.270 e. The summed E-state index contributed by atoms with van der Waals surface area (Å²) < 4.78 is 25.4. The minimum Gasteiger partial charge on any atom is -0.493 e. The van der Waals surface area contributed by atoms with Crippen LogP contribution in [0.15, 0.2) is 84.3 Å². The first kappa shape index (κ1) is 23.7. The number of thiocarbonyl (C=S) groups is 1. The third-order valence-electron chi connectivity index (χ3n) is 5.14. The van der Waals surface area contributed by atoms with Crippen molar-refractivity contribution < 1.29 is 18.7 Å². The van der Waals surface area contributed by atoms with E-state index in [1.165, 1.54) is 28.8 Å². The number of rotatable bonds is 8. The summed E-state index contributed by atoms with van der Waals surface area (Å²) >= 11 is 6.73. The van der Waals surface area contributed by atoms with Crippen LogP contribution in [0, 0.1) is 5.82 Å². The zero-order valence-corrected chi connectivity index (χ0v) is 20.1. The van der Waals surface area contributed by atoms with E-state index in [-0.39, 0.29) is 18.3 Å². The van der Waals surface area contributed by atoms with Gasteiger partial charge >= 0.3 is 0 Å². The molecule has 3 aromatic rings. The highest BCUT2D eigenvalue weighted by atomic mass is 32.2. The van der Waals surface area contributed by atoms with Gasteiger partial charge in [0.25, 0.3) is 5.91 Å². The lowest BCUT2D eigenvalue weighted by Crippen LogP contribution is -2.27. The number of methoxy groups -OCH3 is 1. The maximum atomic E-state index is 13.2. The van der Waals surface area contributed by atoms with Crippen LogP contribution in [-0.4, -0.2) is 17.3 Å². The van der Waals surface area contributed by atoms with Gasteiger partial charge in [0.2, 0.25) is 0 Å². The quantitative estimate of drug-likeness (QED) is 0.203. The van der Waals surface area contributed by atoms with Crippen LogP contribution in [0.4, 0.5) is 10.1 Å². The van der Waals surface area contributed by atoms with Gasteiger partial charge in [0.1, 0.15) is 12.4 Å². The van der Waals surface area contributed by atoms with E-state index in [1.807, 2.05) is 42.5 Å². The van der Waals surface area contributed by atoms with Crippen LogP contribution in [0.5, 0.6) is 11.5 Å². The third-order valence-corrected chi connectivity index (χ3v) is 6.44. The molecule has 4 rings (SSSR count). The molecule has 1 amide bonds. The Labute approximate surface area is 207 Å². The predicted molar refractivity (Wildman–Crippen MR) is 140 cm³/mol. The largest absolute Gasteiger partial charge is 0.493 e. The Balaban J connectivity index is 1.63. The molecule has 0 spiro atoms. The summed E-state index contributed by atoms with van der Waals surface area (Å²) in [4.78, 5) is 15.2. The molecule has 1 saturated heterocycles. The zero-order valence-electron chi connectivity index (χ0n) is 18.5. The first-order chi connectivity index (χ1) is 16.5. The number of thioether (sulfide) groups is 1. The summed E-state index contributed by atoms with van der Waals surface area (Å²) in [6, 6.07) is 19.3. The van der Waals surface area contributed by atoms with Gasteiger partial charge in [-0.3, -0.25) is 9.69 Å². The van der Waals surface area contributed by atoms with Gasteiger partial charge in [-0.15, -0.1) is 6.58 Å². The van der Waals surface area contributed by atoms with Crippen LogP contribution in [0.25, 0.3) is 6.08 Å². The molecule has 1 fully saturated rings. The highest BCUT2D eigenvalue weighted by molar-refractivity contribution is 8.27. The predicted octanol–water partition coefficient (Wildman–Crippen LogP) is 6.55. The minimum absolute atomic E-state index is 0.165. The number of carbonyl (C=O) groups is 1. The van der Waals surface area contributed by atoms with E-state index in [0.29, 0.717) is 27.1 Å². The number of carbonyl (C=O) groups excluding carboxylic acids is 1. The average Bonchev–Trinajstić information content (AvgIpc) is 3.12. The number of halogens is 1. The molecular weight excluding hydrogens is 469 g/mol. The molecule has 0 unspecified atom stereocenters. The lowest BCUT2D eigenvalue weighted by molar-refractivity contribution is -0.113. The number of hydrogen-bond acceptors (Lipinski definition) is 5. The molecule has 0 bridgehead atoms. The fraction of sp³-hybridized carbons (Fsp3) is 0.111. The number of allylic oxidation sites excluding steroid dienone is 1. The van der Waals surface area contributed by atoms with Crippen molar-refractivity contribution in [1.29, 1.82) is 0 Å². The fourth-order valence-electron chi connectivity index (χ4n) is 3.54. The molecule has 172 valence electrons. The van der Waals surface area contributed by atoms with Gasteiger partial charge in [0, 0.05) is 5.56 Å². The van der Waals surface area contributed by atoms with Gasteiger partial charge < -0.3 is 9.47 Å². The van der Waals surface area contributed by atoms with Crippen LogP contribution in [0.3, 0.4) is 0 Å². The molecule has 1 aliphatic rings. The standard InChI is InChI=1S/C27H22FNO3S2/c1-3-7-20-14-19(15-23(31-2)25(20)32-17-18-10-12-21(28)13-11-18)16-24-26(30)29(27(33)34-24)22-8-5-4-6-9-22/h3-6,8-16H,1,7,17H2,2H3/b24-16+. The molecular formula is C27H22FNO3S2. The molecule has 7 heteroatoms. The Kier molecular flexibility index (Phi) is 7.45. The van der Waals surface area contributed by atoms with E-state index in [4.69, 9.17) is 21.7 Å². The zero-order chi connectivity index (χ0) is 24.1. The SMILES string of the molecule is C=CCc1cc(/C=C2/SC(=S)N(c3ccccc3)C2=O)cc(OC)c1OCc1ccc(F)cc1. The van der Waals surface area contributed by atoms with Crippen molar-refractivity contribution >= 4 is 46.0 Å². The average molecular weight is 492 g/mol. The number of ether oxygens (including phenoxy) is 2. The second-order valence-electron chi connectivity index (χ2n) is 7.47. The summed E-state index contributed by atoms with van der Waals surface area (Å²) in [6.07, 6.45) is 4.13. The summed E-state index contributed by atoms with van der Waals surface area (Å²) in [6.45, 7) is 4.10. The molecule has 0 atom stereocenters. The number of para-hydroxylation sites is 1. The van der Waals surface area contributed by atoms with Gasteiger partial charge in [0.15, 0.2) is 15.8 Å². The van der Waals surface area contributed by atoms with Crippen molar-refractivity contribution in [3.05, 3.63) is 107 Å². The summed E-state index contributed by atoms with van der Waals surface area (Å²) in [5, 5.41) is 0. The first-order valence-electron chi connectivity index (χ1n) is 10.5. The Morgan fingerprint density at radius 1 is 1.12 bits per heavy atom. The number of anilines is 1. The number of benzene rings is 3. The molecule has 34 heavy (non-hydrogen) atoms. The number of hydrogen-bond donors (Lipinski definition) is 0. The van der Waals surface area contributed by atoms with Crippen molar-refractivity contribution in [2.45, 2.75) is 13.0 Å². The second-order valence-corrected chi connectivity index (χ2v) is 9.15. The van der Waals surface area contributed by atoms with Gasteiger partial charge in [-0.2, -0.15) is 0 Å². The van der Waals surface area contributed by atoms with E-state index >= 15 is 0 Å². The van der Waals surface area contributed by atoms with E-state index in [1.54, 1.807) is 31.4 Å². The highest BCUT2D eigenvalue weighted by Crippen LogP contribution is 2.39. The molecule has 0 aromatic heterocycles. The Morgan fingerprint density at radius 3 is 2.53 bits per heavy atom. The molecule has 0 radical (unpaired) electrons. The van der Waals surface area contributed by atoms with E-state index in [0.717, 1.165) is 22.4 Å². The lowest BCUT2D eigenvalue weighted by atomic mass is 10.0. The summed E-state index contributed by atoms with van der Waals surface area (Å²) in [5.41, 5.74) is 3.22. The lowest BCUT2D eigenvalue weighted by Gasteiger charge is -2.16. The van der Waals surface area contributed by atoms with Crippen LogP contribution in [-0.2, 0) is 17.8 Å². The molecule has 1 heterocycles. The van der Waals surface area contributed by atoms with Crippen molar-refractivity contribution in [2.75, 3.05) is 12.0 Å². The molecule has 0 saturated carbocycles. The Morgan fingerprint density at radius 2 is 1.85 bits per heavy atom. The van der Waals surface area contributed by atoms with Gasteiger partial charge in [-0.05, 0) is 60.0 Å². The molecule has 4 nitrogen and oxygen atoms in total. The third kappa shape index (κ3) is 5.21. The molecule has 0 aliphatic carbocycles. The van der Waals surface area contributed by atoms with Crippen molar-refractivity contribution in [3.8, 4) is 11.5 Å². The Bertz CT molecular complexity index is 1260. The minimum atomic E-state index is -0.296. The van der Waals surface area contributed by atoms with Gasteiger partial charge in [-0.1, -0.05) is 60.4 Å². The van der Waals surface area contributed by atoms with Crippen LogP contribution < -0.4 is 14.4 Å². The highest BCUT2D eigenvalue weighted by Gasteiger charge is 2.33.